The van der Waals surface area contributed by atoms with Gasteiger partial charge in [0, 0.05) is 12.5 Å². The lowest BCUT2D eigenvalue weighted by Crippen LogP contribution is -2.36. The topological polar surface area (TPSA) is 96.6 Å². The number of ether oxygens (including phenoxy) is 1. The molecular weight excluding hydrogens is 418 g/mol. The molecule has 3 aromatic rings. The number of rotatable bonds is 10. The van der Waals surface area contributed by atoms with Crippen LogP contribution in [0.2, 0.25) is 0 Å². The molecule has 0 aliphatic rings. The number of benzene rings is 2. The van der Waals surface area contributed by atoms with Crippen molar-refractivity contribution >= 4 is 6.09 Å². The van der Waals surface area contributed by atoms with Gasteiger partial charge in [-0.15, -0.1) is 0 Å². The molecule has 1 heterocycles. The Morgan fingerprint density at radius 3 is 2.21 bits per heavy atom. The number of hydrogen-bond donors (Lipinski definition) is 3. The van der Waals surface area contributed by atoms with Crippen molar-refractivity contribution in [3.05, 3.63) is 89.6 Å². The fourth-order valence-electron chi connectivity index (χ4n) is 3.41. The second-order valence-electron chi connectivity index (χ2n) is 9.00. The van der Waals surface area contributed by atoms with Gasteiger partial charge >= 0.3 is 6.09 Å². The zero-order valence-corrected chi connectivity index (χ0v) is 19.5. The SMILES string of the molecule is CC(C)(C)OC(=O)N[C@@H](Cc1ccccc1)c1ncc(CN[C@@H](CO)Cc2ccccc2)o1. The molecule has 0 saturated heterocycles. The maximum atomic E-state index is 12.4. The molecular formula is C26H33N3O4. The number of nitrogens with zero attached hydrogens (tertiary/aromatic N) is 1. The molecule has 0 saturated carbocycles. The molecule has 2 aromatic carbocycles. The van der Waals surface area contributed by atoms with Gasteiger partial charge in [0.2, 0.25) is 5.89 Å². The zero-order chi connectivity index (χ0) is 23.7. The van der Waals surface area contributed by atoms with Crippen molar-refractivity contribution in [1.29, 1.82) is 0 Å². The number of carbonyl (C=O) groups excluding carboxylic acids is 1. The van der Waals surface area contributed by atoms with Crippen molar-refractivity contribution in [2.24, 2.45) is 0 Å². The molecule has 2 atom stereocenters. The normalized spacial score (nSPS) is 13.3. The Balaban J connectivity index is 1.66. The molecule has 0 aliphatic carbocycles. The van der Waals surface area contributed by atoms with Crippen LogP contribution in [-0.2, 0) is 24.1 Å². The highest BCUT2D eigenvalue weighted by atomic mass is 16.6. The Morgan fingerprint density at radius 1 is 1.03 bits per heavy atom. The van der Waals surface area contributed by atoms with Crippen molar-refractivity contribution in [3.8, 4) is 0 Å². The number of oxazole rings is 1. The van der Waals surface area contributed by atoms with Gasteiger partial charge in [0.05, 0.1) is 19.3 Å². The van der Waals surface area contributed by atoms with E-state index in [4.69, 9.17) is 9.15 Å². The van der Waals surface area contributed by atoms with Gasteiger partial charge in [0.15, 0.2) is 0 Å². The zero-order valence-electron chi connectivity index (χ0n) is 19.5. The average molecular weight is 452 g/mol. The van der Waals surface area contributed by atoms with Gasteiger partial charge in [-0.25, -0.2) is 9.78 Å². The van der Waals surface area contributed by atoms with Crippen LogP contribution in [0, 0.1) is 0 Å². The maximum Gasteiger partial charge on any atom is 0.408 e. The number of aliphatic hydroxyl groups is 1. The summed E-state index contributed by atoms with van der Waals surface area (Å²) >= 11 is 0. The third-order valence-corrected chi connectivity index (χ3v) is 4.95. The first kappa shape index (κ1) is 24.5. The number of alkyl carbamates (subject to hydrolysis) is 1. The summed E-state index contributed by atoms with van der Waals surface area (Å²) in [6, 6.07) is 19.2. The van der Waals surface area contributed by atoms with E-state index in [1.165, 1.54) is 0 Å². The molecule has 7 nitrogen and oxygen atoms in total. The summed E-state index contributed by atoms with van der Waals surface area (Å²) in [6.07, 6.45) is 2.34. The van der Waals surface area contributed by atoms with E-state index in [-0.39, 0.29) is 12.6 Å². The number of aliphatic hydroxyl groups excluding tert-OH is 1. The van der Waals surface area contributed by atoms with E-state index in [0.717, 1.165) is 11.1 Å². The molecule has 1 amide bonds. The highest BCUT2D eigenvalue weighted by Gasteiger charge is 2.24. The van der Waals surface area contributed by atoms with Crippen LogP contribution in [-0.4, -0.2) is 34.4 Å². The van der Waals surface area contributed by atoms with Gasteiger partial charge < -0.3 is 24.9 Å². The molecule has 0 radical (unpaired) electrons. The number of aromatic nitrogens is 1. The Kier molecular flexibility index (Phi) is 8.63. The molecule has 33 heavy (non-hydrogen) atoms. The van der Waals surface area contributed by atoms with Crippen molar-refractivity contribution in [1.82, 2.24) is 15.6 Å². The quantitative estimate of drug-likeness (QED) is 0.428. The van der Waals surface area contributed by atoms with Gasteiger partial charge in [-0.05, 0) is 38.3 Å². The van der Waals surface area contributed by atoms with E-state index in [0.29, 0.717) is 31.0 Å². The molecule has 0 aliphatic heterocycles. The monoisotopic (exact) mass is 451 g/mol. The van der Waals surface area contributed by atoms with Gasteiger partial charge in [-0.1, -0.05) is 60.7 Å². The Morgan fingerprint density at radius 2 is 1.64 bits per heavy atom. The molecule has 0 unspecified atom stereocenters. The predicted molar refractivity (Wildman–Crippen MR) is 127 cm³/mol. The number of carbonyl (C=O) groups is 1. The third kappa shape index (κ3) is 8.36. The van der Waals surface area contributed by atoms with Crippen LogP contribution in [0.3, 0.4) is 0 Å². The summed E-state index contributed by atoms with van der Waals surface area (Å²) in [7, 11) is 0. The van der Waals surface area contributed by atoms with Crippen molar-refractivity contribution in [3.63, 3.8) is 0 Å². The van der Waals surface area contributed by atoms with Crippen LogP contribution in [0.25, 0.3) is 0 Å². The van der Waals surface area contributed by atoms with Crippen LogP contribution in [0.15, 0.2) is 71.3 Å². The summed E-state index contributed by atoms with van der Waals surface area (Å²) in [6.45, 7) is 5.88. The van der Waals surface area contributed by atoms with E-state index in [1.54, 1.807) is 6.20 Å². The number of nitrogens with one attached hydrogen (secondary N) is 2. The van der Waals surface area contributed by atoms with Crippen LogP contribution in [0.4, 0.5) is 4.79 Å². The minimum absolute atomic E-state index is 0.00667. The lowest BCUT2D eigenvalue weighted by Gasteiger charge is -2.22. The molecule has 176 valence electrons. The first-order valence-corrected chi connectivity index (χ1v) is 11.2. The van der Waals surface area contributed by atoms with Crippen LogP contribution < -0.4 is 10.6 Å². The predicted octanol–water partition coefficient (Wildman–Crippen LogP) is 4.18. The van der Waals surface area contributed by atoms with E-state index in [1.807, 2.05) is 81.4 Å². The Hall–Kier alpha value is -3.16. The van der Waals surface area contributed by atoms with Gasteiger partial charge in [-0.2, -0.15) is 0 Å². The van der Waals surface area contributed by atoms with E-state index < -0.39 is 17.7 Å². The van der Waals surface area contributed by atoms with E-state index >= 15 is 0 Å². The maximum absolute atomic E-state index is 12.4. The molecule has 0 bridgehead atoms. The fourth-order valence-corrected chi connectivity index (χ4v) is 3.41. The molecule has 0 spiro atoms. The van der Waals surface area contributed by atoms with Crippen molar-refractivity contribution < 1.29 is 19.1 Å². The number of hydrogen-bond acceptors (Lipinski definition) is 6. The largest absolute Gasteiger partial charge is 0.444 e. The van der Waals surface area contributed by atoms with Gasteiger partial charge in [0.1, 0.15) is 17.4 Å². The lowest BCUT2D eigenvalue weighted by atomic mass is 10.1. The second-order valence-corrected chi connectivity index (χ2v) is 9.00. The summed E-state index contributed by atoms with van der Waals surface area (Å²) in [4.78, 5) is 16.8. The standard InChI is InChI=1S/C26H33N3O4/c1-26(2,3)33-25(31)29-23(15-20-12-8-5-9-13-20)24-28-17-22(32-24)16-27-21(18-30)14-19-10-6-4-7-11-19/h4-13,17,21,23,27,30H,14-16,18H2,1-3H3,(H,29,31)/t21-,23+/m1/s1. The summed E-state index contributed by atoms with van der Waals surface area (Å²) in [5, 5.41) is 15.9. The van der Waals surface area contributed by atoms with E-state index in [9.17, 15) is 9.90 Å². The molecule has 1 aromatic heterocycles. The number of amides is 1. The molecule has 0 fully saturated rings. The van der Waals surface area contributed by atoms with Crippen molar-refractivity contribution in [2.45, 2.75) is 57.8 Å². The van der Waals surface area contributed by atoms with Gasteiger partial charge in [-0.3, -0.25) is 0 Å². The fraction of sp³-hybridized carbons (Fsp3) is 0.385. The minimum atomic E-state index is -0.606. The lowest BCUT2D eigenvalue weighted by molar-refractivity contribution is 0.0495. The van der Waals surface area contributed by atoms with Crippen molar-refractivity contribution in [2.75, 3.05) is 6.61 Å². The average Bonchev–Trinajstić information content (AvgIpc) is 3.25. The summed E-state index contributed by atoms with van der Waals surface area (Å²) in [5.41, 5.74) is 1.58. The smallest absolute Gasteiger partial charge is 0.408 e. The molecule has 7 heteroatoms. The first-order valence-electron chi connectivity index (χ1n) is 11.2. The Labute approximate surface area is 195 Å². The summed E-state index contributed by atoms with van der Waals surface area (Å²) in [5.74, 6) is 1.03. The Bertz CT molecular complexity index is 984. The second kappa shape index (κ2) is 11.6. The van der Waals surface area contributed by atoms with Gasteiger partial charge in [0.25, 0.3) is 0 Å². The van der Waals surface area contributed by atoms with Crippen LogP contribution in [0.1, 0.15) is 49.6 Å². The summed E-state index contributed by atoms with van der Waals surface area (Å²) < 4.78 is 11.4. The van der Waals surface area contributed by atoms with Crippen LogP contribution >= 0.6 is 0 Å². The highest BCUT2D eigenvalue weighted by Crippen LogP contribution is 2.20. The molecule has 3 N–H and O–H groups in total. The molecule has 3 rings (SSSR count). The first-order chi connectivity index (χ1) is 15.8. The highest BCUT2D eigenvalue weighted by molar-refractivity contribution is 5.68. The third-order valence-electron chi connectivity index (χ3n) is 4.95. The van der Waals surface area contributed by atoms with E-state index in [2.05, 4.69) is 15.6 Å². The minimum Gasteiger partial charge on any atom is -0.444 e. The van der Waals surface area contributed by atoms with Crippen LogP contribution in [0.5, 0.6) is 0 Å².